The van der Waals surface area contributed by atoms with E-state index in [0.717, 1.165) is 18.8 Å². The predicted molar refractivity (Wildman–Crippen MR) is 100 cm³/mol. The molecule has 1 fully saturated rings. The summed E-state index contributed by atoms with van der Waals surface area (Å²) in [7, 11) is 0. The molecular formula is C19H26N4O3. The summed E-state index contributed by atoms with van der Waals surface area (Å²) in [6.07, 6.45) is 3.58. The Kier molecular flexibility index (Phi) is 4.89. The molecule has 140 valence electrons. The largest absolute Gasteiger partial charge is 0.459 e. The third-order valence-corrected chi connectivity index (χ3v) is 4.39. The first-order valence-electron chi connectivity index (χ1n) is 9.02. The minimum absolute atomic E-state index is 0.0654. The van der Waals surface area contributed by atoms with Crippen molar-refractivity contribution in [3.63, 3.8) is 0 Å². The fraction of sp³-hybridized carbons (Fsp3) is 0.526. The maximum Gasteiger partial charge on any atom is 0.328 e. The molecule has 0 radical (unpaired) electrons. The number of ether oxygens (including phenoxy) is 1. The van der Waals surface area contributed by atoms with Gasteiger partial charge in [-0.15, -0.1) is 0 Å². The van der Waals surface area contributed by atoms with Crippen molar-refractivity contribution in [1.29, 1.82) is 0 Å². The number of aromatic nitrogens is 2. The molecule has 0 atom stereocenters. The molecule has 7 heteroatoms. The fourth-order valence-corrected chi connectivity index (χ4v) is 3.31. The van der Waals surface area contributed by atoms with E-state index in [1.807, 2.05) is 39.0 Å². The molecule has 26 heavy (non-hydrogen) atoms. The number of esters is 1. The van der Waals surface area contributed by atoms with Crippen molar-refractivity contribution in [3.8, 4) is 0 Å². The third kappa shape index (κ3) is 3.98. The Morgan fingerprint density at radius 3 is 2.50 bits per heavy atom. The first-order valence-corrected chi connectivity index (χ1v) is 9.02. The molecule has 1 aliphatic rings. The molecule has 1 amide bonds. The van der Waals surface area contributed by atoms with Gasteiger partial charge in [-0.25, -0.2) is 0 Å². The number of rotatable bonds is 4. The normalized spacial score (nSPS) is 15.3. The van der Waals surface area contributed by atoms with Crippen LogP contribution in [-0.2, 0) is 16.1 Å². The lowest BCUT2D eigenvalue weighted by molar-refractivity contribution is -0.155. The molecule has 0 bridgehead atoms. The van der Waals surface area contributed by atoms with E-state index < -0.39 is 17.5 Å². The minimum atomic E-state index is -0.603. The Bertz CT molecular complexity index is 829. The molecule has 1 aliphatic heterocycles. The highest BCUT2D eigenvalue weighted by molar-refractivity contribution is 6.05. The van der Waals surface area contributed by atoms with E-state index >= 15 is 0 Å². The van der Waals surface area contributed by atoms with E-state index in [-0.39, 0.29) is 12.2 Å². The number of piperidine rings is 1. The smallest absolute Gasteiger partial charge is 0.328 e. The van der Waals surface area contributed by atoms with Gasteiger partial charge in [0.05, 0.1) is 5.52 Å². The number of primary amides is 1. The van der Waals surface area contributed by atoms with Crippen molar-refractivity contribution in [1.82, 2.24) is 9.78 Å². The van der Waals surface area contributed by atoms with E-state index in [1.54, 1.807) is 0 Å². The molecule has 2 N–H and O–H groups in total. The highest BCUT2D eigenvalue weighted by Crippen LogP contribution is 2.27. The quantitative estimate of drug-likeness (QED) is 0.848. The van der Waals surface area contributed by atoms with Gasteiger partial charge in [0.25, 0.3) is 5.91 Å². The lowest BCUT2D eigenvalue weighted by atomic mass is 10.1. The number of hydrogen-bond donors (Lipinski definition) is 1. The highest BCUT2D eigenvalue weighted by atomic mass is 16.6. The van der Waals surface area contributed by atoms with Crippen molar-refractivity contribution in [3.05, 3.63) is 23.9 Å². The van der Waals surface area contributed by atoms with Gasteiger partial charge in [-0.3, -0.25) is 14.3 Å². The van der Waals surface area contributed by atoms with Crippen LogP contribution in [0.5, 0.6) is 0 Å². The van der Waals surface area contributed by atoms with Gasteiger partial charge in [0.2, 0.25) is 0 Å². The van der Waals surface area contributed by atoms with E-state index in [9.17, 15) is 9.59 Å². The second-order valence-corrected chi connectivity index (χ2v) is 7.71. The van der Waals surface area contributed by atoms with Crippen LogP contribution in [0.3, 0.4) is 0 Å². The second kappa shape index (κ2) is 6.97. The number of carbonyl (C=O) groups excluding carboxylic acids is 2. The monoisotopic (exact) mass is 358 g/mol. The van der Waals surface area contributed by atoms with Crippen LogP contribution in [0.25, 0.3) is 10.9 Å². The Morgan fingerprint density at radius 2 is 1.88 bits per heavy atom. The van der Waals surface area contributed by atoms with Crippen LogP contribution in [0.2, 0.25) is 0 Å². The molecule has 7 nitrogen and oxygen atoms in total. The van der Waals surface area contributed by atoms with Crippen LogP contribution in [0, 0.1) is 0 Å². The van der Waals surface area contributed by atoms with Crippen LogP contribution in [0.4, 0.5) is 5.69 Å². The standard InChI is InChI=1S/C19H26N4O3/c1-19(2,3)26-16(24)12-23-15-8-7-13(22-9-5-4-6-10-22)11-14(15)17(21-23)18(20)25/h7-8,11H,4-6,9-10,12H2,1-3H3,(H2,20,25). The second-order valence-electron chi connectivity index (χ2n) is 7.71. The van der Waals surface area contributed by atoms with Crippen molar-refractivity contribution in [2.75, 3.05) is 18.0 Å². The summed E-state index contributed by atoms with van der Waals surface area (Å²) in [5.74, 6) is -1.01. The molecule has 1 aromatic heterocycles. The van der Waals surface area contributed by atoms with Crippen LogP contribution in [-0.4, -0.2) is 40.3 Å². The van der Waals surface area contributed by atoms with Gasteiger partial charge in [-0.1, -0.05) is 0 Å². The SMILES string of the molecule is CC(C)(C)OC(=O)Cn1nc(C(N)=O)c2cc(N3CCCCC3)ccc21. The first-order chi connectivity index (χ1) is 12.2. The zero-order valence-electron chi connectivity index (χ0n) is 15.6. The number of fused-ring (bicyclic) bond motifs is 1. The minimum Gasteiger partial charge on any atom is -0.459 e. The van der Waals surface area contributed by atoms with Crippen molar-refractivity contribution in [2.24, 2.45) is 5.73 Å². The lowest BCUT2D eigenvalue weighted by Gasteiger charge is -2.28. The van der Waals surface area contributed by atoms with Gasteiger partial charge < -0.3 is 15.4 Å². The summed E-state index contributed by atoms with van der Waals surface area (Å²) < 4.78 is 6.84. The highest BCUT2D eigenvalue weighted by Gasteiger charge is 2.21. The molecule has 2 heterocycles. The zero-order chi connectivity index (χ0) is 18.9. The van der Waals surface area contributed by atoms with Crippen LogP contribution < -0.4 is 10.6 Å². The summed E-state index contributed by atoms with van der Waals surface area (Å²) in [6.45, 7) is 7.38. The summed E-state index contributed by atoms with van der Waals surface area (Å²) in [5.41, 5.74) is 6.87. The zero-order valence-corrected chi connectivity index (χ0v) is 15.6. The number of nitrogens with zero attached hydrogens (tertiary/aromatic N) is 3. The van der Waals surface area contributed by atoms with Crippen molar-refractivity contribution >= 4 is 28.5 Å². The van der Waals surface area contributed by atoms with Crippen LogP contribution >= 0.6 is 0 Å². The van der Waals surface area contributed by atoms with Gasteiger partial charge in [-0.2, -0.15) is 5.10 Å². The number of benzene rings is 1. The van der Waals surface area contributed by atoms with E-state index in [4.69, 9.17) is 10.5 Å². The van der Waals surface area contributed by atoms with Gasteiger partial charge in [0, 0.05) is 24.2 Å². The molecule has 0 saturated carbocycles. The van der Waals surface area contributed by atoms with Crippen molar-refractivity contribution < 1.29 is 14.3 Å². The van der Waals surface area contributed by atoms with Gasteiger partial charge in [-0.05, 0) is 58.2 Å². The Balaban J connectivity index is 1.95. The summed E-state index contributed by atoms with van der Waals surface area (Å²) >= 11 is 0. The number of nitrogens with two attached hydrogens (primary N) is 1. The average Bonchev–Trinajstić information content (AvgIpc) is 2.92. The first kappa shape index (κ1) is 18.2. The van der Waals surface area contributed by atoms with E-state index in [0.29, 0.717) is 10.9 Å². The van der Waals surface area contributed by atoms with Gasteiger partial charge >= 0.3 is 5.97 Å². The number of hydrogen-bond acceptors (Lipinski definition) is 5. The maximum absolute atomic E-state index is 12.2. The fourth-order valence-electron chi connectivity index (χ4n) is 3.31. The number of carbonyl (C=O) groups is 2. The van der Waals surface area contributed by atoms with Gasteiger partial charge in [0.1, 0.15) is 12.1 Å². The average molecular weight is 358 g/mol. The molecule has 1 saturated heterocycles. The van der Waals surface area contributed by atoms with E-state index in [1.165, 1.54) is 23.9 Å². The summed E-state index contributed by atoms with van der Waals surface area (Å²) in [5, 5.41) is 4.94. The molecular weight excluding hydrogens is 332 g/mol. The number of anilines is 1. The summed E-state index contributed by atoms with van der Waals surface area (Å²) in [4.78, 5) is 26.3. The molecule has 0 unspecified atom stereocenters. The third-order valence-electron chi connectivity index (χ3n) is 4.39. The van der Waals surface area contributed by atoms with Crippen LogP contribution in [0.1, 0.15) is 50.5 Å². The molecule has 0 aliphatic carbocycles. The van der Waals surface area contributed by atoms with Crippen LogP contribution in [0.15, 0.2) is 18.2 Å². The predicted octanol–water partition coefficient (Wildman–Crippen LogP) is 2.47. The van der Waals surface area contributed by atoms with Gasteiger partial charge in [0.15, 0.2) is 5.69 Å². The summed E-state index contributed by atoms with van der Waals surface area (Å²) in [6, 6.07) is 5.84. The van der Waals surface area contributed by atoms with Crippen molar-refractivity contribution in [2.45, 2.75) is 52.2 Å². The molecule has 0 spiro atoms. The Labute approximate surface area is 153 Å². The maximum atomic E-state index is 12.2. The number of amides is 1. The topological polar surface area (TPSA) is 90.5 Å². The molecule has 3 rings (SSSR count). The lowest BCUT2D eigenvalue weighted by Crippen LogP contribution is -2.29. The Morgan fingerprint density at radius 1 is 1.19 bits per heavy atom. The van der Waals surface area contributed by atoms with E-state index in [2.05, 4.69) is 10.00 Å². The molecule has 1 aromatic carbocycles. The Hall–Kier alpha value is -2.57. The molecule has 2 aromatic rings.